The van der Waals surface area contributed by atoms with Gasteiger partial charge in [-0.2, -0.15) is 0 Å². The van der Waals surface area contributed by atoms with Gasteiger partial charge in [0.1, 0.15) is 17.9 Å². The zero-order chi connectivity index (χ0) is 13.9. The molecule has 4 nitrogen and oxygen atoms in total. The molecular weight excluding hydrogens is 250 g/mol. The van der Waals surface area contributed by atoms with Crippen molar-refractivity contribution in [3.05, 3.63) is 60.0 Å². The maximum atomic E-state index is 5.94. The Bertz CT molecular complexity index is 756. The fraction of sp³-hybridized carbons (Fsp3) is 0.125. The van der Waals surface area contributed by atoms with E-state index < -0.39 is 0 Å². The summed E-state index contributed by atoms with van der Waals surface area (Å²) < 4.78 is 5.83. The van der Waals surface area contributed by atoms with Gasteiger partial charge in [-0.3, -0.25) is 9.97 Å². The predicted octanol–water partition coefficient (Wildman–Crippen LogP) is 3.10. The number of hydrogen-bond donors (Lipinski definition) is 1. The van der Waals surface area contributed by atoms with Crippen LogP contribution in [0.1, 0.15) is 11.4 Å². The van der Waals surface area contributed by atoms with Crippen molar-refractivity contribution < 1.29 is 4.74 Å². The van der Waals surface area contributed by atoms with Crippen molar-refractivity contribution in [2.45, 2.75) is 13.5 Å². The summed E-state index contributed by atoms with van der Waals surface area (Å²) in [5.74, 6) is 0.720. The first-order valence-electron chi connectivity index (χ1n) is 6.42. The van der Waals surface area contributed by atoms with Crippen molar-refractivity contribution in [2.24, 2.45) is 0 Å². The molecule has 0 saturated heterocycles. The highest BCUT2D eigenvalue weighted by Crippen LogP contribution is 2.28. The smallest absolute Gasteiger partial charge is 0.146 e. The first-order chi connectivity index (χ1) is 9.74. The van der Waals surface area contributed by atoms with E-state index in [9.17, 15) is 0 Å². The number of nitrogen functional groups attached to an aromatic ring is 1. The highest BCUT2D eigenvalue weighted by atomic mass is 16.5. The van der Waals surface area contributed by atoms with Crippen LogP contribution in [0.4, 0.5) is 5.69 Å². The van der Waals surface area contributed by atoms with E-state index in [4.69, 9.17) is 10.5 Å². The number of benzene rings is 1. The van der Waals surface area contributed by atoms with Crippen LogP contribution in [0.2, 0.25) is 0 Å². The highest BCUT2D eigenvalue weighted by Gasteiger charge is 2.06. The number of aryl methyl sites for hydroxylation is 1. The fourth-order valence-corrected chi connectivity index (χ4v) is 2.12. The van der Waals surface area contributed by atoms with E-state index >= 15 is 0 Å². The first-order valence-corrected chi connectivity index (χ1v) is 6.42. The second-order valence-corrected chi connectivity index (χ2v) is 4.61. The molecule has 1 aromatic carbocycles. The van der Waals surface area contributed by atoms with Gasteiger partial charge < -0.3 is 10.5 Å². The van der Waals surface area contributed by atoms with Crippen LogP contribution in [0.5, 0.6) is 5.75 Å². The van der Waals surface area contributed by atoms with Gasteiger partial charge in [0.15, 0.2) is 0 Å². The number of nitrogens with two attached hydrogens (primary N) is 1. The Morgan fingerprint density at radius 2 is 2.00 bits per heavy atom. The third-order valence-corrected chi connectivity index (χ3v) is 3.09. The van der Waals surface area contributed by atoms with Crippen LogP contribution >= 0.6 is 0 Å². The molecule has 3 aromatic rings. The predicted molar refractivity (Wildman–Crippen MR) is 79.5 cm³/mol. The van der Waals surface area contributed by atoms with Crippen LogP contribution in [0.25, 0.3) is 10.9 Å². The molecule has 0 amide bonds. The molecule has 0 bridgehead atoms. The van der Waals surface area contributed by atoms with Crippen molar-refractivity contribution in [3.8, 4) is 5.75 Å². The van der Waals surface area contributed by atoms with E-state index in [1.165, 1.54) is 0 Å². The number of rotatable bonds is 3. The van der Waals surface area contributed by atoms with Crippen LogP contribution in [0.3, 0.4) is 0 Å². The van der Waals surface area contributed by atoms with Crippen molar-refractivity contribution in [2.75, 3.05) is 5.73 Å². The summed E-state index contributed by atoms with van der Waals surface area (Å²) >= 11 is 0. The lowest BCUT2D eigenvalue weighted by atomic mass is 10.1. The third-order valence-electron chi connectivity index (χ3n) is 3.09. The largest absolute Gasteiger partial charge is 0.485 e. The maximum Gasteiger partial charge on any atom is 0.146 e. The molecule has 0 aliphatic rings. The van der Waals surface area contributed by atoms with Crippen LogP contribution in [0, 0.1) is 6.92 Å². The molecular formula is C16H15N3O. The number of ether oxygens (including phenoxy) is 1. The molecule has 2 N–H and O–H groups in total. The molecule has 0 aliphatic heterocycles. The minimum absolute atomic E-state index is 0.414. The van der Waals surface area contributed by atoms with Gasteiger partial charge in [-0.15, -0.1) is 0 Å². The number of hydrogen-bond acceptors (Lipinski definition) is 4. The Morgan fingerprint density at radius 3 is 2.85 bits per heavy atom. The SMILES string of the molecule is Cc1cccc(COc2ccc(N)c3cccnc23)n1. The summed E-state index contributed by atoms with van der Waals surface area (Å²) in [6.45, 7) is 2.38. The van der Waals surface area contributed by atoms with Gasteiger partial charge in [0.2, 0.25) is 0 Å². The zero-order valence-electron chi connectivity index (χ0n) is 11.2. The average Bonchev–Trinajstić information content (AvgIpc) is 2.47. The number of fused-ring (bicyclic) bond motifs is 1. The lowest BCUT2D eigenvalue weighted by Crippen LogP contribution is -2.00. The molecule has 0 spiro atoms. The highest BCUT2D eigenvalue weighted by molar-refractivity contribution is 5.94. The van der Waals surface area contributed by atoms with Crippen LogP contribution < -0.4 is 10.5 Å². The van der Waals surface area contributed by atoms with Gasteiger partial charge in [0, 0.05) is 23.0 Å². The van der Waals surface area contributed by atoms with Gasteiger partial charge in [0.05, 0.1) is 5.69 Å². The molecule has 0 aliphatic carbocycles. The minimum atomic E-state index is 0.414. The second-order valence-electron chi connectivity index (χ2n) is 4.61. The molecule has 2 heterocycles. The van der Waals surface area contributed by atoms with E-state index in [0.29, 0.717) is 12.3 Å². The Kier molecular flexibility index (Phi) is 3.21. The van der Waals surface area contributed by atoms with Gasteiger partial charge in [-0.25, -0.2) is 0 Å². The molecule has 3 rings (SSSR count). The third kappa shape index (κ3) is 2.40. The Labute approximate surface area is 117 Å². The average molecular weight is 265 g/mol. The topological polar surface area (TPSA) is 61.0 Å². The standard InChI is InChI=1S/C16H15N3O/c1-11-4-2-5-12(19-11)10-20-15-8-7-14(17)13-6-3-9-18-16(13)15/h2-9H,10,17H2,1H3. The van der Waals surface area contributed by atoms with E-state index in [1.807, 2.05) is 49.4 Å². The lowest BCUT2D eigenvalue weighted by Gasteiger charge is -2.10. The monoisotopic (exact) mass is 265 g/mol. The molecule has 20 heavy (non-hydrogen) atoms. The van der Waals surface area contributed by atoms with E-state index in [1.54, 1.807) is 6.20 Å². The quantitative estimate of drug-likeness (QED) is 0.739. The molecule has 0 unspecified atom stereocenters. The summed E-state index contributed by atoms with van der Waals surface area (Å²) in [4.78, 5) is 8.76. The molecule has 0 saturated carbocycles. The minimum Gasteiger partial charge on any atom is -0.485 e. The maximum absolute atomic E-state index is 5.94. The summed E-state index contributed by atoms with van der Waals surface area (Å²) in [6.07, 6.45) is 1.74. The summed E-state index contributed by atoms with van der Waals surface area (Å²) in [6, 6.07) is 13.4. The van der Waals surface area contributed by atoms with Gasteiger partial charge in [-0.05, 0) is 43.3 Å². The van der Waals surface area contributed by atoms with Gasteiger partial charge in [-0.1, -0.05) is 6.07 Å². The molecule has 100 valence electrons. The molecule has 4 heteroatoms. The molecule has 2 aromatic heterocycles. The van der Waals surface area contributed by atoms with Gasteiger partial charge in [0.25, 0.3) is 0 Å². The van der Waals surface area contributed by atoms with Crippen molar-refractivity contribution in [3.63, 3.8) is 0 Å². The first kappa shape index (κ1) is 12.4. The van der Waals surface area contributed by atoms with Crippen LogP contribution in [-0.2, 0) is 6.61 Å². The fourth-order valence-electron chi connectivity index (χ4n) is 2.12. The number of aromatic nitrogens is 2. The number of pyridine rings is 2. The van der Waals surface area contributed by atoms with E-state index in [0.717, 1.165) is 28.0 Å². The molecule has 0 fully saturated rings. The van der Waals surface area contributed by atoms with Gasteiger partial charge >= 0.3 is 0 Å². The summed E-state index contributed by atoms with van der Waals surface area (Å²) in [7, 11) is 0. The second kappa shape index (κ2) is 5.17. The van der Waals surface area contributed by atoms with E-state index in [2.05, 4.69) is 9.97 Å². The van der Waals surface area contributed by atoms with Crippen LogP contribution in [0.15, 0.2) is 48.7 Å². The summed E-state index contributed by atoms with van der Waals surface area (Å²) in [5, 5.41) is 0.905. The number of anilines is 1. The number of nitrogens with zero attached hydrogens (tertiary/aromatic N) is 2. The molecule has 0 radical (unpaired) electrons. The van der Waals surface area contributed by atoms with Crippen LogP contribution in [-0.4, -0.2) is 9.97 Å². The zero-order valence-corrected chi connectivity index (χ0v) is 11.2. The van der Waals surface area contributed by atoms with Crippen molar-refractivity contribution in [1.29, 1.82) is 0 Å². The Hall–Kier alpha value is -2.62. The Balaban J connectivity index is 1.90. The normalized spacial score (nSPS) is 10.7. The Morgan fingerprint density at radius 1 is 1.10 bits per heavy atom. The van der Waals surface area contributed by atoms with E-state index in [-0.39, 0.29) is 0 Å². The van der Waals surface area contributed by atoms with Crippen molar-refractivity contribution in [1.82, 2.24) is 9.97 Å². The van der Waals surface area contributed by atoms with Crippen molar-refractivity contribution >= 4 is 16.6 Å². The summed E-state index contributed by atoms with van der Waals surface area (Å²) in [5.41, 5.74) is 9.30. The molecule has 0 atom stereocenters. The lowest BCUT2D eigenvalue weighted by molar-refractivity contribution is 0.304.